The zero-order valence-electron chi connectivity index (χ0n) is 8.22. The van der Waals surface area contributed by atoms with Crippen molar-refractivity contribution in [3.8, 4) is 17.6 Å². The Labute approximate surface area is 97.9 Å². The van der Waals surface area contributed by atoms with Gasteiger partial charge in [-0.05, 0) is 36.4 Å². The molecule has 0 aliphatic rings. The van der Waals surface area contributed by atoms with Crippen LogP contribution in [0.15, 0.2) is 42.6 Å². The van der Waals surface area contributed by atoms with E-state index in [-0.39, 0.29) is 0 Å². The number of nitriles is 1. The van der Waals surface area contributed by atoms with Gasteiger partial charge in [0.05, 0.1) is 6.20 Å². The second-order valence-electron chi connectivity index (χ2n) is 3.05. The number of pyridine rings is 1. The average Bonchev–Trinajstić information content (AvgIpc) is 2.33. The summed E-state index contributed by atoms with van der Waals surface area (Å²) >= 11 is 5.75. The first-order valence-electron chi connectivity index (χ1n) is 4.57. The highest BCUT2D eigenvalue weighted by Crippen LogP contribution is 2.22. The Kier molecular flexibility index (Phi) is 3.04. The Morgan fingerprint density at radius 2 is 1.75 bits per heavy atom. The van der Waals surface area contributed by atoms with Crippen LogP contribution in [0, 0.1) is 11.3 Å². The van der Waals surface area contributed by atoms with Gasteiger partial charge in [0, 0.05) is 5.02 Å². The van der Waals surface area contributed by atoms with Crippen molar-refractivity contribution in [1.29, 1.82) is 5.26 Å². The summed E-state index contributed by atoms with van der Waals surface area (Å²) in [6.45, 7) is 0. The van der Waals surface area contributed by atoms with E-state index < -0.39 is 0 Å². The minimum atomic E-state index is 0.364. The van der Waals surface area contributed by atoms with Gasteiger partial charge < -0.3 is 4.74 Å². The number of ether oxygens (including phenoxy) is 1. The van der Waals surface area contributed by atoms with Gasteiger partial charge in [0.15, 0.2) is 0 Å². The van der Waals surface area contributed by atoms with Crippen molar-refractivity contribution < 1.29 is 4.74 Å². The normalized spacial score (nSPS) is 9.50. The van der Waals surface area contributed by atoms with E-state index in [1.807, 2.05) is 6.07 Å². The highest BCUT2D eigenvalue weighted by atomic mass is 35.5. The first-order valence-corrected chi connectivity index (χ1v) is 4.95. The zero-order valence-corrected chi connectivity index (χ0v) is 8.98. The van der Waals surface area contributed by atoms with Gasteiger partial charge in [0.2, 0.25) is 0 Å². The van der Waals surface area contributed by atoms with E-state index in [2.05, 4.69) is 4.98 Å². The first kappa shape index (κ1) is 10.5. The lowest BCUT2D eigenvalue weighted by atomic mass is 10.3. The monoisotopic (exact) mass is 230 g/mol. The third-order valence-electron chi connectivity index (χ3n) is 1.90. The van der Waals surface area contributed by atoms with Crippen LogP contribution in [0.4, 0.5) is 0 Å². The molecule has 0 aliphatic heterocycles. The molecule has 0 radical (unpaired) electrons. The van der Waals surface area contributed by atoms with Crippen molar-refractivity contribution in [2.45, 2.75) is 0 Å². The molecule has 1 aromatic heterocycles. The van der Waals surface area contributed by atoms with E-state index in [4.69, 9.17) is 21.6 Å². The molecule has 1 aromatic carbocycles. The van der Waals surface area contributed by atoms with Gasteiger partial charge in [-0.15, -0.1) is 0 Å². The van der Waals surface area contributed by atoms with Crippen molar-refractivity contribution in [3.05, 3.63) is 53.3 Å². The van der Waals surface area contributed by atoms with Gasteiger partial charge in [-0.25, -0.2) is 4.98 Å². The number of rotatable bonds is 2. The van der Waals surface area contributed by atoms with Crippen LogP contribution in [0.3, 0.4) is 0 Å². The van der Waals surface area contributed by atoms with E-state index in [1.165, 1.54) is 6.20 Å². The number of benzene rings is 1. The van der Waals surface area contributed by atoms with Gasteiger partial charge >= 0.3 is 0 Å². The molecule has 78 valence electrons. The molecule has 0 amide bonds. The predicted molar refractivity (Wildman–Crippen MR) is 60.5 cm³/mol. The van der Waals surface area contributed by atoms with E-state index in [0.717, 1.165) is 0 Å². The maximum atomic E-state index is 8.58. The molecule has 0 bridgehead atoms. The Hall–Kier alpha value is -2.05. The maximum Gasteiger partial charge on any atom is 0.145 e. The molecule has 0 spiro atoms. The number of hydrogen-bond acceptors (Lipinski definition) is 3. The summed E-state index contributed by atoms with van der Waals surface area (Å²) in [7, 11) is 0. The number of hydrogen-bond donors (Lipinski definition) is 0. The Morgan fingerprint density at radius 1 is 1.06 bits per heavy atom. The maximum absolute atomic E-state index is 8.58. The third-order valence-corrected chi connectivity index (χ3v) is 2.15. The molecular weight excluding hydrogens is 224 g/mol. The predicted octanol–water partition coefficient (Wildman–Crippen LogP) is 3.40. The SMILES string of the molecule is N#Cc1ccc(Oc2ccc(Cl)cc2)cn1. The molecule has 0 aliphatic carbocycles. The number of halogens is 1. The highest BCUT2D eigenvalue weighted by Gasteiger charge is 1.98. The molecule has 4 heteroatoms. The quantitative estimate of drug-likeness (QED) is 0.794. The lowest BCUT2D eigenvalue weighted by Gasteiger charge is -2.04. The highest BCUT2D eigenvalue weighted by molar-refractivity contribution is 6.30. The van der Waals surface area contributed by atoms with Gasteiger partial charge in [0.25, 0.3) is 0 Å². The Morgan fingerprint density at radius 3 is 2.31 bits per heavy atom. The minimum absolute atomic E-state index is 0.364. The van der Waals surface area contributed by atoms with Crippen LogP contribution < -0.4 is 4.74 Å². The number of aromatic nitrogens is 1. The second-order valence-corrected chi connectivity index (χ2v) is 3.48. The van der Waals surface area contributed by atoms with E-state index in [1.54, 1.807) is 36.4 Å². The van der Waals surface area contributed by atoms with Crippen LogP contribution in [0.5, 0.6) is 11.5 Å². The summed E-state index contributed by atoms with van der Waals surface area (Å²) in [5.41, 5.74) is 0.364. The third kappa shape index (κ3) is 2.50. The fourth-order valence-electron chi connectivity index (χ4n) is 1.15. The summed E-state index contributed by atoms with van der Waals surface area (Å²) in [6, 6.07) is 12.3. The Bertz CT molecular complexity index is 514. The van der Waals surface area contributed by atoms with Crippen LogP contribution in [-0.4, -0.2) is 4.98 Å². The van der Waals surface area contributed by atoms with Gasteiger partial charge in [0.1, 0.15) is 23.3 Å². The van der Waals surface area contributed by atoms with Gasteiger partial charge in [-0.1, -0.05) is 11.6 Å². The summed E-state index contributed by atoms with van der Waals surface area (Å²) < 4.78 is 5.50. The fourth-order valence-corrected chi connectivity index (χ4v) is 1.27. The molecule has 0 N–H and O–H groups in total. The molecule has 2 rings (SSSR count). The van der Waals surface area contributed by atoms with Crippen molar-refractivity contribution in [2.75, 3.05) is 0 Å². The summed E-state index contributed by atoms with van der Waals surface area (Å²) in [5, 5.41) is 9.24. The van der Waals surface area contributed by atoms with Gasteiger partial charge in [-0.2, -0.15) is 5.26 Å². The standard InChI is InChI=1S/C12H7ClN2O/c13-9-1-4-11(5-2-9)16-12-6-3-10(7-14)15-8-12/h1-6,8H. The Balaban J connectivity index is 2.15. The lowest BCUT2D eigenvalue weighted by molar-refractivity contribution is 0.480. The smallest absolute Gasteiger partial charge is 0.145 e. The molecule has 3 nitrogen and oxygen atoms in total. The number of nitrogens with zero attached hydrogens (tertiary/aromatic N) is 2. The van der Waals surface area contributed by atoms with Crippen LogP contribution >= 0.6 is 11.6 Å². The second kappa shape index (κ2) is 4.65. The molecule has 0 saturated carbocycles. The molecular formula is C12H7ClN2O. The lowest BCUT2D eigenvalue weighted by Crippen LogP contribution is -1.86. The molecule has 0 atom stereocenters. The molecule has 0 unspecified atom stereocenters. The van der Waals surface area contributed by atoms with E-state index in [9.17, 15) is 0 Å². The van der Waals surface area contributed by atoms with E-state index >= 15 is 0 Å². The molecule has 0 fully saturated rings. The van der Waals surface area contributed by atoms with Crippen molar-refractivity contribution in [2.24, 2.45) is 0 Å². The van der Waals surface area contributed by atoms with Crippen LogP contribution in [0.2, 0.25) is 5.02 Å². The minimum Gasteiger partial charge on any atom is -0.456 e. The van der Waals surface area contributed by atoms with Crippen molar-refractivity contribution in [1.82, 2.24) is 4.98 Å². The molecule has 2 aromatic rings. The summed E-state index contributed by atoms with van der Waals surface area (Å²) in [4.78, 5) is 3.90. The fraction of sp³-hybridized carbons (Fsp3) is 0. The summed E-state index contributed by atoms with van der Waals surface area (Å²) in [6.07, 6.45) is 1.51. The van der Waals surface area contributed by atoms with Crippen molar-refractivity contribution >= 4 is 11.6 Å². The first-order chi connectivity index (χ1) is 7.78. The van der Waals surface area contributed by atoms with Gasteiger partial charge in [-0.3, -0.25) is 0 Å². The topological polar surface area (TPSA) is 45.9 Å². The van der Waals surface area contributed by atoms with Crippen LogP contribution in [-0.2, 0) is 0 Å². The molecule has 1 heterocycles. The molecule has 0 saturated heterocycles. The van der Waals surface area contributed by atoms with Crippen LogP contribution in [0.1, 0.15) is 5.69 Å². The largest absolute Gasteiger partial charge is 0.456 e. The van der Waals surface area contributed by atoms with E-state index in [0.29, 0.717) is 22.2 Å². The van der Waals surface area contributed by atoms with Crippen LogP contribution in [0.25, 0.3) is 0 Å². The van der Waals surface area contributed by atoms with Crippen molar-refractivity contribution in [3.63, 3.8) is 0 Å². The summed E-state index contributed by atoms with van der Waals surface area (Å²) in [5.74, 6) is 1.26. The zero-order chi connectivity index (χ0) is 11.4. The molecule has 16 heavy (non-hydrogen) atoms. The average molecular weight is 231 g/mol.